The third kappa shape index (κ3) is 2.67. The zero-order chi connectivity index (χ0) is 13.1. The molecule has 1 aromatic carbocycles. The fourth-order valence-corrected chi connectivity index (χ4v) is 2.12. The van der Waals surface area contributed by atoms with Gasteiger partial charge >= 0.3 is 0 Å². The molecule has 96 valence electrons. The Morgan fingerprint density at radius 3 is 2.35 bits per heavy atom. The van der Waals surface area contributed by atoms with E-state index < -0.39 is 11.7 Å². The largest absolute Gasteiger partial charge is 0.385 e. The molecule has 0 amide bonds. The number of halogens is 1. The van der Waals surface area contributed by atoms with Crippen molar-refractivity contribution in [3.05, 3.63) is 35.1 Å². The van der Waals surface area contributed by atoms with Crippen LogP contribution in [0.1, 0.15) is 43.9 Å². The van der Waals surface area contributed by atoms with E-state index in [9.17, 15) is 9.50 Å². The number of hydrogen-bond acceptors (Lipinski definition) is 2. The summed E-state index contributed by atoms with van der Waals surface area (Å²) in [5.74, 6) is -0.293. The number of rotatable bonds is 5. The summed E-state index contributed by atoms with van der Waals surface area (Å²) in [7, 11) is 1.58. The van der Waals surface area contributed by atoms with E-state index in [0.29, 0.717) is 24.0 Å². The molecule has 0 saturated heterocycles. The van der Waals surface area contributed by atoms with E-state index in [0.717, 1.165) is 0 Å². The maximum atomic E-state index is 13.5. The van der Waals surface area contributed by atoms with Crippen molar-refractivity contribution < 1.29 is 14.2 Å². The van der Waals surface area contributed by atoms with Gasteiger partial charge in [-0.25, -0.2) is 4.39 Å². The van der Waals surface area contributed by atoms with Crippen LogP contribution < -0.4 is 0 Å². The molecule has 0 aliphatic heterocycles. The molecule has 1 N–H and O–H groups in total. The van der Waals surface area contributed by atoms with E-state index in [2.05, 4.69) is 0 Å². The van der Waals surface area contributed by atoms with Crippen LogP contribution in [0.3, 0.4) is 0 Å². The molecule has 1 rings (SSSR count). The predicted molar refractivity (Wildman–Crippen MR) is 66.4 cm³/mol. The third-order valence-corrected chi connectivity index (χ3v) is 3.61. The first kappa shape index (κ1) is 14.1. The van der Waals surface area contributed by atoms with Crippen LogP contribution in [0.4, 0.5) is 4.39 Å². The lowest BCUT2D eigenvalue weighted by molar-refractivity contribution is -0.110. The van der Waals surface area contributed by atoms with E-state index in [1.165, 1.54) is 6.07 Å². The molecule has 17 heavy (non-hydrogen) atoms. The molecule has 1 atom stereocenters. The first-order valence-electron chi connectivity index (χ1n) is 6.00. The number of hydrogen-bond donors (Lipinski definition) is 1. The summed E-state index contributed by atoms with van der Waals surface area (Å²) in [6, 6.07) is 4.82. The molecule has 0 radical (unpaired) electrons. The number of ether oxygens (including phenoxy) is 1. The Kier molecular flexibility index (Phi) is 4.66. The topological polar surface area (TPSA) is 29.5 Å². The molecule has 0 aromatic heterocycles. The molecule has 1 unspecified atom stereocenters. The van der Waals surface area contributed by atoms with Crippen molar-refractivity contribution in [2.75, 3.05) is 7.11 Å². The van der Waals surface area contributed by atoms with Gasteiger partial charge in [-0.15, -0.1) is 0 Å². The minimum Gasteiger partial charge on any atom is -0.385 e. The Morgan fingerprint density at radius 2 is 1.94 bits per heavy atom. The quantitative estimate of drug-likeness (QED) is 0.855. The zero-order valence-electron chi connectivity index (χ0n) is 11.0. The van der Waals surface area contributed by atoms with Gasteiger partial charge < -0.3 is 9.84 Å². The molecule has 0 aliphatic rings. The van der Waals surface area contributed by atoms with Crippen molar-refractivity contribution >= 4 is 0 Å². The van der Waals surface area contributed by atoms with Gasteiger partial charge in [0.15, 0.2) is 0 Å². The van der Waals surface area contributed by atoms with Crippen LogP contribution in [0.25, 0.3) is 0 Å². The summed E-state index contributed by atoms with van der Waals surface area (Å²) in [6.45, 7) is 5.62. The summed E-state index contributed by atoms with van der Waals surface area (Å²) < 4.78 is 18.9. The highest BCUT2D eigenvalue weighted by molar-refractivity contribution is 5.26. The molecule has 0 aliphatic carbocycles. The van der Waals surface area contributed by atoms with Crippen LogP contribution in [-0.4, -0.2) is 17.8 Å². The van der Waals surface area contributed by atoms with E-state index >= 15 is 0 Å². The molecular weight excluding hydrogens is 219 g/mol. The Labute approximate surface area is 102 Å². The lowest BCUT2D eigenvalue weighted by atomic mass is 9.86. The van der Waals surface area contributed by atoms with Crippen molar-refractivity contribution in [3.8, 4) is 0 Å². The molecule has 0 saturated carbocycles. The molecule has 3 heteroatoms. The summed E-state index contributed by atoms with van der Waals surface area (Å²) >= 11 is 0. The van der Waals surface area contributed by atoms with Crippen molar-refractivity contribution in [3.63, 3.8) is 0 Å². The van der Waals surface area contributed by atoms with Crippen LogP contribution in [-0.2, 0) is 4.74 Å². The lowest BCUT2D eigenvalue weighted by Gasteiger charge is -2.35. The van der Waals surface area contributed by atoms with Gasteiger partial charge in [-0.05, 0) is 37.0 Å². The normalized spacial score (nSPS) is 13.8. The second kappa shape index (κ2) is 5.61. The number of aliphatic hydroxyl groups excluding tert-OH is 1. The first-order valence-corrected chi connectivity index (χ1v) is 6.00. The molecule has 0 fully saturated rings. The average molecular weight is 240 g/mol. The highest BCUT2D eigenvalue weighted by atomic mass is 19.1. The second-order valence-corrected chi connectivity index (χ2v) is 4.39. The molecule has 1 aromatic rings. The SMILES string of the molecule is CCC(CC)(OC)C(O)c1ccc(C)c(F)c1. The highest BCUT2D eigenvalue weighted by Gasteiger charge is 2.35. The number of aryl methyl sites for hydroxylation is 1. The van der Waals surface area contributed by atoms with Gasteiger partial charge in [0.25, 0.3) is 0 Å². The van der Waals surface area contributed by atoms with Crippen molar-refractivity contribution in [1.82, 2.24) is 0 Å². The lowest BCUT2D eigenvalue weighted by Crippen LogP contribution is -2.37. The van der Waals surface area contributed by atoms with E-state index in [-0.39, 0.29) is 5.82 Å². The number of aliphatic hydroxyl groups is 1. The highest BCUT2D eigenvalue weighted by Crippen LogP contribution is 2.35. The van der Waals surface area contributed by atoms with E-state index in [4.69, 9.17) is 4.74 Å². The minimum atomic E-state index is -0.808. The Balaban J connectivity index is 3.09. The van der Waals surface area contributed by atoms with Gasteiger partial charge in [-0.1, -0.05) is 26.0 Å². The van der Waals surface area contributed by atoms with E-state index in [1.54, 1.807) is 26.2 Å². The fraction of sp³-hybridized carbons (Fsp3) is 0.571. The Morgan fingerprint density at radius 1 is 1.35 bits per heavy atom. The Hall–Kier alpha value is -0.930. The first-order chi connectivity index (χ1) is 8.00. The number of methoxy groups -OCH3 is 1. The molecule has 0 heterocycles. The fourth-order valence-electron chi connectivity index (χ4n) is 2.12. The van der Waals surface area contributed by atoms with Gasteiger partial charge in [0.05, 0.1) is 5.60 Å². The molecule has 0 spiro atoms. The van der Waals surface area contributed by atoms with Gasteiger partial charge in [-0.2, -0.15) is 0 Å². The molecule has 0 bridgehead atoms. The van der Waals surface area contributed by atoms with Crippen LogP contribution in [0.2, 0.25) is 0 Å². The minimum absolute atomic E-state index is 0.293. The average Bonchev–Trinajstić information content (AvgIpc) is 2.35. The summed E-state index contributed by atoms with van der Waals surface area (Å²) in [4.78, 5) is 0. The Bertz CT molecular complexity index is 364. The standard InChI is InChI=1S/C14H21FO2/c1-5-14(6-2,17-4)13(16)11-8-7-10(3)12(15)9-11/h7-9,13,16H,5-6H2,1-4H3. The monoisotopic (exact) mass is 240 g/mol. The molecular formula is C14H21FO2. The van der Waals surface area contributed by atoms with Crippen LogP contribution >= 0.6 is 0 Å². The van der Waals surface area contributed by atoms with Crippen LogP contribution in [0.5, 0.6) is 0 Å². The van der Waals surface area contributed by atoms with Gasteiger partial charge in [0.1, 0.15) is 11.9 Å². The zero-order valence-corrected chi connectivity index (χ0v) is 11.0. The van der Waals surface area contributed by atoms with Crippen LogP contribution in [0, 0.1) is 12.7 Å². The maximum absolute atomic E-state index is 13.5. The van der Waals surface area contributed by atoms with E-state index in [1.807, 2.05) is 13.8 Å². The summed E-state index contributed by atoms with van der Waals surface area (Å²) in [5, 5.41) is 10.4. The second-order valence-electron chi connectivity index (χ2n) is 4.39. The summed E-state index contributed by atoms with van der Waals surface area (Å²) in [5.41, 5.74) is 0.512. The molecule has 2 nitrogen and oxygen atoms in total. The van der Waals surface area contributed by atoms with Crippen molar-refractivity contribution in [1.29, 1.82) is 0 Å². The number of benzene rings is 1. The third-order valence-electron chi connectivity index (χ3n) is 3.61. The maximum Gasteiger partial charge on any atom is 0.126 e. The van der Waals surface area contributed by atoms with Crippen molar-refractivity contribution in [2.45, 2.75) is 45.3 Å². The van der Waals surface area contributed by atoms with Gasteiger partial charge in [-0.3, -0.25) is 0 Å². The predicted octanol–water partition coefficient (Wildman–Crippen LogP) is 3.37. The van der Waals surface area contributed by atoms with Crippen molar-refractivity contribution in [2.24, 2.45) is 0 Å². The summed E-state index contributed by atoms with van der Waals surface area (Å²) in [6.07, 6.45) is 0.547. The smallest absolute Gasteiger partial charge is 0.126 e. The van der Waals surface area contributed by atoms with Gasteiger partial charge in [0, 0.05) is 7.11 Å². The van der Waals surface area contributed by atoms with Crippen LogP contribution in [0.15, 0.2) is 18.2 Å². The van der Waals surface area contributed by atoms with Gasteiger partial charge in [0.2, 0.25) is 0 Å².